The SMILES string of the molecule is CC1=C[C@@H]([Sn]([c]2ccccc2)([c]2ccccc2)[c]2ccccc2)[C@@H]2C[C@H]1C2(C)C. The van der Waals surface area contributed by atoms with E-state index in [1.807, 2.05) is 0 Å². The Labute approximate surface area is 179 Å². The van der Waals surface area contributed by atoms with Crippen LogP contribution in [0.15, 0.2) is 103 Å². The molecule has 0 aromatic heterocycles. The third-order valence-corrected chi connectivity index (χ3v) is 23.1. The number of benzene rings is 3. The molecule has 0 heterocycles. The Kier molecular flexibility index (Phi) is 4.74. The van der Waals surface area contributed by atoms with Gasteiger partial charge in [0.1, 0.15) is 0 Å². The number of hydrogen-bond donors (Lipinski definition) is 0. The van der Waals surface area contributed by atoms with Crippen LogP contribution < -0.4 is 10.7 Å². The van der Waals surface area contributed by atoms with Crippen molar-refractivity contribution in [2.24, 2.45) is 17.3 Å². The van der Waals surface area contributed by atoms with Crippen molar-refractivity contribution >= 4 is 29.1 Å². The van der Waals surface area contributed by atoms with Gasteiger partial charge >= 0.3 is 180 Å². The number of hydrogen-bond acceptors (Lipinski definition) is 0. The fourth-order valence-corrected chi connectivity index (χ4v) is 23.6. The molecule has 3 atom stereocenters. The van der Waals surface area contributed by atoms with Crippen LogP contribution in [-0.2, 0) is 0 Å². The Morgan fingerprint density at radius 2 is 1.10 bits per heavy atom. The zero-order valence-corrected chi connectivity index (χ0v) is 20.5. The Balaban J connectivity index is 1.86. The Morgan fingerprint density at radius 3 is 1.45 bits per heavy atom. The fourth-order valence-electron chi connectivity index (χ4n) is 6.46. The molecular weight excluding hydrogens is 455 g/mol. The van der Waals surface area contributed by atoms with E-state index in [1.165, 1.54) is 6.42 Å². The minimum atomic E-state index is -3.32. The van der Waals surface area contributed by atoms with E-state index in [4.69, 9.17) is 0 Å². The van der Waals surface area contributed by atoms with E-state index < -0.39 is 18.4 Å². The average Bonchev–Trinajstić information content (AvgIpc) is 2.76. The van der Waals surface area contributed by atoms with Crippen molar-refractivity contribution in [3.05, 3.63) is 103 Å². The molecular formula is C28H30Sn. The first-order valence-corrected chi connectivity index (χ1v) is 16.8. The molecule has 3 aliphatic carbocycles. The molecule has 0 spiro atoms. The summed E-state index contributed by atoms with van der Waals surface area (Å²) in [4.78, 5) is 0. The Hall–Kier alpha value is -1.80. The molecule has 1 fully saturated rings. The molecule has 3 aromatic carbocycles. The first-order chi connectivity index (χ1) is 14.1. The number of fused-ring (bicyclic) bond motifs is 1. The number of rotatable bonds is 4. The van der Waals surface area contributed by atoms with Gasteiger partial charge < -0.3 is 0 Å². The normalized spacial score (nSPS) is 25.1. The summed E-state index contributed by atoms with van der Waals surface area (Å²) in [5.74, 6) is 1.54. The van der Waals surface area contributed by atoms with Gasteiger partial charge in [-0.15, -0.1) is 0 Å². The van der Waals surface area contributed by atoms with Crippen LogP contribution in [0.3, 0.4) is 0 Å². The molecule has 29 heavy (non-hydrogen) atoms. The van der Waals surface area contributed by atoms with Crippen LogP contribution in [-0.4, -0.2) is 18.4 Å². The maximum atomic E-state index is 2.72. The van der Waals surface area contributed by atoms with Gasteiger partial charge in [0.2, 0.25) is 0 Å². The molecule has 0 aliphatic heterocycles. The summed E-state index contributed by atoms with van der Waals surface area (Å²) in [6, 6.07) is 34.6. The van der Waals surface area contributed by atoms with Gasteiger partial charge in [-0.2, -0.15) is 0 Å². The van der Waals surface area contributed by atoms with Gasteiger partial charge in [-0.1, -0.05) is 0 Å². The molecule has 1 saturated carbocycles. The predicted octanol–water partition coefficient (Wildman–Crippen LogP) is 5.15. The van der Waals surface area contributed by atoms with Crippen molar-refractivity contribution in [1.82, 2.24) is 0 Å². The number of allylic oxidation sites excluding steroid dienone is 2. The van der Waals surface area contributed by atoms with Gasteiger partial charge in [-0.3, -0.25) is 0 Å². The molecule has 6 rings (SSSR count). The molecule has 3 aromatic rings. The molecule has 1 heteroatoms. The first-order valence-electron chi connectivity index (χ1n) is 10.9. The third-order valence-electron chi connectivity index (χ3n) is 7.96. The van der Waals surface area contributed by atoms with Crippen molar-refractivity contribution in [3.63, 3.8) is 0 Å². The predicted molar refractivity (Wildman–Crippen MR) is 127 cm³/mol. The minimum absolute atomic E-state index is 0.407. The fraction of sp³-hybridized carbons (Fsp3) is 0.286. The molecule has 0 unspecified atom stereocenters. The standard InChI is InChI=1S/C10H15.3C6H5.Sn/c1-7-4-5-8-6-9(7)10(8,2)3;3*1-2-4-6-5-3-1;/h4-5,8-9H,6H2,1-3H3;3*1-5H;/t8-,9-;;;;/m1..../s1. The molecule has 0 N–H and O–H groups in total. The van der Waals surface area contributed by atoms with Gasteiger partial charge in [-0.05, 0) is 0 Å². The molecule has 0 nitrogen and oxygen atoms in total. The van der Waals surface area contributed by atoms with E-state index in [0.717, 1.165) is 11.8 Å². The van der Waals surface area contributed by atoms with Crippen molar-refractivity contribution in [3.8, 4) is 0 Å². The summed E-state index contributed by atoms with van der Waals surface area (Å²) in [5.41, 5.74) is 2.04. The summed E-state index contributed by atoms with van der Waals surface area (Å²) < 4.78 is 5.47. The second kappa shape index (κ2) is 7.16. The monoisotopic (exact) mass is 486 g/mol. The Morgan fingerprint density at radius 1 is 0.690 bits per heavy atom. The van der Waals surface area contributed by atoms with E-state index >= 15 is 0 Å². The van der Waals surface area contributed by atoms with Gasteiger partial charge in [0.15, 0.2) is 0 Å². The molecule has 0 saturated heterocycles. The zero-order chi connectivity index (χ0) is 20.1. The molecule has 0 amide bonds. The van der Waals surface area contributed by atoms with Crippen molar-refractivity contribution in [1.29, 1.82) is 0 Å². The van der Waals surface area contributed by atoms with Crippen LogP contribution in [0.25, 0.3) is 0 Å². The first kappa shape index (κ1) is 19.2. The Bertz CT molecular complexity index is 921. The summed E-state index contributed by atoms with van der Waals surface area (Å²) in [7, 11) is 0. The topological polar surface area (TPSA) is 0 Å². The second-order valence-corrected chi connectivity index (χ2v) is 21.0. The van der Waals surface area contributed by atoms with Crippen molar-refractivity contribution < 1.29 is 0 Å². The summed E-state index contributed by atoms with van der Waals surface area (Å²) >= 11 is -3.32. The van der Waals surface area contributed by atoms with Crippen LogP contribution in [0.5, 0.6) is 0 Å². The van der Waals surface area contributed by atoms with Crippen LogP contribution in [0.1, 0.15) is 27.2 Å². The molecule has 2 bridgehead atoms. The van der Waals surface area contributed by atoms with Crippen molar-refractivity contribution in [2.75, 3.05) is 0 Å². The summed E-state index contributed by atoms with van der Waals surface area (Å²) in [6.45, 7) is 7.44. The average molecular weight is 485 g/mol. The molecule has 146 valence electrons. The van der Waals surface area contributed by atoms with Crippen LogP contribution in [0.4, 0.5) is 0 Å². The van der Waals surface area contributed by atoms with Gasteiger partial charge in [0.05, 0.1) is 0 Å². The van der Waals surface area contributed by atoms with E-state index in [1.54, 1.807) is 16.3 Å². The van der Waals surface area contributed by atoms with Crippen LogP contribution >= 0.6 is 0 Å². The second-order valence-electron chi connectivity index (χ2n) is 9.56. The van der Waals surface area contributed by atoms with Gasteiger partial charge in [0.25, 0.3) is 0 Å². The van der Waals surface area contributed by atoms with E-state index in [9.17, 15) is 0 Å². The summed E-state index contributed by atoms with van der Waals surface area (Å²) in [5, 5.41) is 0. The molecule has 3 aliphatic rings. The van der Waals surface area contributed by atoms with E-state index in [2.05, 4.69) is 118 Å². The summed E-state index contributed by atoms with van der Waals surface area (Å²) in [6.07, 6.45) is 4.08. The van der Waals surface area contributed by atoms with Crippen LogP contribution in [0, 0.1) is 17.3 Å². The quantitative estimate of drug-likeness (QED) is 0.355. The maximum absolute atomic E-state index is 3.32. The molecule has 0 radical (unpaired) electrons. The van der Waals surface area contributed by atoms with E-state index in [0.29, 0.717) is 9.35 Å². The van der Waals surface area contributed by atoms with Gasteiger partial charge in [0, 0.05) is 0 Å². The van der Waals surface area contributed by atoms with Crippen molar-refractivity contribution in [2.45, 2.75) is 31.1 Å². The van der Waals surface area contributed by atoms with Gasteiger partial charge in [-0.25, -0.2) is 0 Å². The van der Waals surface area contributed by atoms with Crippen LogP contribution in [0.2, 0.25) is 3.93 Å². The third kappa shape index (κ3) is 2.79. The van der Waals surface area contributed by atoms with E-state index in [-0.39, 0.29) is 0 Å². The zero-order valence-electron chi connectivity index (χ0n) is 17.7.